The lowest BCUT2D eigenvalue weighted by molar-refractivity contribution is -0.123. The summed E-state index contributed by atoms with van der Waals surface area (Å²) in [6.07, 6.45) is 8.15. The van der Waals surface area contributed by atoms with Gasteiger partial charge >= 0.3 is 0 Å². The zero-order chi connectivity index (χ0) is 24.0. The molecule has 0 aliphatic carbocycles. The number of piperazine rings is 1. The summed E-state index contributed by atoms with van der Waals surface area (Å²) in [5, 5.41) is 2.77. The molecule has 0 unspecified atom stereocenters. The van der Waals surface area contributed by atoms with Crippen LogP contribution in [0.4, 0.5) is 0 Å². The minimum absolute atomic E-state index is 0.0928. The molecule has 35 heavy (non-hydrogen) atoms. The van der Waals surface area contributed by atoms with Gasteiger partial charge in [0.2, 0.25) is 5.91 Å². The molecule has 1 aliphatic heterocycles. The Hall–Kier alpha value is -4.32. The smallest absolute Gasteiger partial charge is 0.254 e. The number of hydrogen-bond donors (Lipinski definition) is 1. The average molecular weight is 463 g/mol. The number of rotatable bonds is 6. The van der Waals surface area contributed by atoms with E-state index < -0.39 is 0 Å². The number of carbonyl (C=O) groups excluding carboxylic acids is 2. The highest BCUT2D eigenvalue weighted by atomic mass is 16.2. The van der Waals surface area contributed by atoms with Gasteiger partial charge in [-0.05, 0) is 58.5 Å². The van der Waals surface area contributed by atoms with Gasteiger partial charge in [0.25, 0.3) is 5.91 Å². The van der Waals surface area contributed by atoms with E-state index in [4.69, 9.17) is 0 Å². The van der Waals surface area contributed by atoms with Crippen LogP contribution in [0.3, 0.4) is 0 Å². The number of nitrogens with one attached hydrogen (secondary N) is 1. The Balaban J connectivity index is 1.48. The molecule has 5 rings (SSSR count). The fraction of sp³-hybridized carbons (Fsp3) is 0.172. The zero-order valence-electron chi connectivity index (χ0n) is 19.3. The Kier molecular flexibility index (Phi) is 6.61. The van der Waals surface area contributed by atoms with Crippen molar-refractivity contribution in [3.05, 3.63) is 120 Å². The fourth-order valence-electron chi connectivity index (χ4n) is 4.61. The van der Waals surface area contributed by atoms with E-state index in [0.29, 0.717) is 18.7 Å². The van der Waals surface area contributed by atoms with Crippen molar-refractivity contribution in [2.24, 2.45) is 0 Å². The highest BCUT2D eigenvalue weighted by Crippen LogP contribution is 2.32. The van der Waals surface area contributed by atoms with Crippen molar-refractivity contribution in [3.8, 4) is 11.1 Å². The van der Waals surface area contributed by atoms with Crippen molar-refractivity contribution in [2.75, 3.05) is 19.6 Å². The lowest BCUT2D eigenvalue weighted by Gasteiger charge is -2.27. The molecule has 6 heteroatoms. The molecule has 0 spiro atoms. The molecule has 1 fully saturated rings. The van der Waals surface area contributed by atoms with Crippen molar-refractivity contribution in [1.82, 2.24) is 20.2 Å². The molecule has 2 amide bonds. The van der Waals surface area contributed by atoms with Crippen LogP contribution >= 0.6 is 0 Å². The minimum atomic E-state index is -0.122. The Morgan fingerprint density at radius 1 is 0.914 bits per heavy atom. The van der Waals surface area contributed by atoms with E-state index in [1.807, 2.05) is 60.9 Å². The van der Waals surface area contributed by atoms with Gasteiger partial charge < -0.3 is 10.2 Å². The Morgan fingerprint density at radius 3 is 2.34 bits per heavy atom. The number of amides is 2. The molecular weight excluding hydrogens is 436 g/mol. The average Bonchev–Trinajstić information content (AvgIpc) is 2.92. The minimum Gasteiger partial charge on any atom is -0.353 e. The highest BCUT2D eigenvalue weighted by molar-refractivity contribution is 5.98. The standard InChI is InChI=1S/C29H26N4O2/c34-28-20-33(15-14-32-28)29(35)23-8-3-7-21(16-23)26-11-2-1-6-22(26)17-27(24-9-4-12-30-18-24)25-10-5-13-31-19-25/h1-13,16,18-19,27H,14-15,17,20H2,(H,32,34). The molecule has 0 saturated carbocycles. The van der Waals surface area contributed by atoms with E-state index >= 15 is 0 Å². The molecule has 2 aromatic carbocycles. The van der Waals surface area contributed by atoms with Crippen LogP contribution in [0.1, 0.15) is 33.0 Å². The molecule has 1 N–H and O–H groups in total. The van der Waals surface area contributed by atoms with Crippen molar-refractivity contribution < 1.29 is 9.59 Å². The van der Waals surface area contributed by atoms with Gasteiger partial charge in [-0.3, -0.25) is 19.6 Å². The van der Waals surface area contributed by atoms with E-state index in [-0.39, 0.29) is 24.3 Å². The quantitative estimate of drug-likeness (QED) is 0.468. The summed E-state index contributed by atoms with van der Waals surface area (Å²) in [5.41, 5.74) is 6.07. The second-order valence-corrected chi connectivity index (χ2v) is 8.64. The lowest BCUT2D eigenvalue weighted by atomic mass is 9.85. The number of carbonyl (C=O) groups is 2. The third kappa shape index (κ3) is 5.11. The fourth-order valence-corrected chi connectivity index (χ4v) is 4.61. The Labute approximate surface area is 204 Å². The Morgan fingerprint density at radius 2 is 1.66 bits per heavy atom. The van der Waals surface area contributed by atoms with Crippen LogP contribution in [0.5, 0.6) is 0 Å². The Bertz CT molecular complexity index is 1290. The van der Waals surface area contributed by atoms with E-state index in [1.54, 1.807) is 17.3 Å². The summed E-state index contributed by atoms with van der Waals surface area (Å²) in [6.45, 7) is 1.10. The third-order valence-electron chi connectivity index (χ3n) is 6.36. The third-order valence-corrected chi connectivity index (χ3v) is 6.36. The zero-order valence-corrected chi connectivity index (χ0v) is 19.3. The summed E-state index contributed by atoms with van der Waals surface area (Å²) in [6, 6.07) is 24.1. The van der Waals surface area contributed by atoms with Crippen molar-refractivity contribution in [3.63, 3.8) is 0 Å². The van der Waals surface area contributed by atoms with Crippen LogP contribution in [-0.2, 0) is 11.2 Å². The number of nitrogens with zero attached hydrogens (tertiary/aromatic N) is 3. The van der Waals surface area contributed by atoms with Gasteiger partial charge in [0, 0.05) is 49.4 Å². The molecule has 0 atom stereocenters. The predicted molar refractivity (Wildman–Crippen MR) is 135 cm³/mol. The first-order valence-corrected chi connectivity index (χ1v) is 11.7. The monoisotopic (exact) mass is 462 g/mol. The number of aromatic nitrogens is 2. The van der Waals surface area contributed by atoms with Crippen LogP contribution in [0.2, 0.25) is 0 Å². The second-order valence-electron chi connectivity index (χ2n) is 8.64. The van der Waals surface area contributed by atoms with E-state index in [1.165, 1.54) is 5.56 Å². The van der Waals surface area contributed by atoms with Gasteiger partial charge in [-0.15, -0.1) is 0 Å². The molecule has 1 saturated heterocycles. The van der Waals surface area contributed by atoms with E-state index in [0.717, 1.165) is 28.7 Å². The first kappa shape index (κ1) is 22.5. The van der Waals surface area contributed by atoms with Gasteiger partial charge in [-0.1, -0.05) is 48.5 Å². The molecule has 1 aliphatic rings. The summed E-state index contributed by atoms with van der Waals surface area (Å²) in [7, 11) is 0. The van der Waals surface area contributed by atoms with Gasteiger partial charge in [0.1, 0.15) is 0 Å². The number of benzene rings is 2. The lowest BCUT2D eigenvalue weighted by Crippen LogP contribution is -2.49. The number of pyridine rings is 2. The van der Waals surface area contributed by atoms with Gasteiger partial charge in [-0.25, -0.2) is 0 Å². The maximum Gasteiger partial charge on any atom is 0.254 e. The van der Waals surface area contributed by atoms with Gasteiger partial charge in [0.05, 0.1) is 6.54 Å². The maximum atomic E-state index is 13.1. The van der Waals surface area contributed by atoms with Crippen molar-refractivity contribution >= 4 is 11.8 Å². The summed E-state index contributed by atoms with van der Waals surface area (Å²) in [4.78, 5) is 35.1. The predicted octanol–water partition coefficient (Wildman–Crippen LogP) is 4.09. The first-order valence-electron chi connectivity index (χ1n) is 11.7. The number of hydrogen-bond acceptors (Lipinski definition) is 4. The summed E-state index contributed by atoms with van der Waals surface area (Å²) < 4.78 is 0. The molecular formula is C29H26N4O2. The van der Waals surface area contributed by atoms with Crippen LogP contribution in [0.25, 0.3) is 11.1 Å². The molecule has 6 nitrogen and oxygen atoms in total. The van der Waals surface area contributed by atoms with Crippen LogP contribution < -0.4 is 5.32 Å². The van der Waals surface area contributed by atoms with Gasteiger partial charge in [0.15, 0.2) is 0 Å². The largest absolute Gasteiger partial charge is 0.353 e. The second kappa shape index (κ2) is 10.3. The SMILES string of the molecule is O=C1CN(C(=O)c2cccc(-c3ccccc3CC(c3cccnc3)c3cccnc3)c2)CCN1. The van der Waals surface area contributed by atoms with Crippen LogP contribution in [-0.4, -0.2) is 46.3 Å². The molecule has 0 bridgehead atoms. The molecule has 2 aromatic heterocycles. The van der Waals surface area contributed by atoms with E-state index in [2.05, 4.69) is 39.6 Å². The topological polar surface area (TPSA) is 75.2 Å². The summed E-state index contributed by atoms with van der Waals surface area (Å²) in [5.74, 6) is -0.152. The summed E-state index contributed by atoms with van der Waals surface area (Å²) >= 11 is 0. The van der Waals surface area contributed by atoms with Crippen molar-refractivity contribution in [2.45, 2.75) is 12.3 Å². The molecule has 4 aromatic rings. The van der Waals surface area contributed by atoms with Crippen molar-refractivity contribution in [1.29, 1.82) is 0 Å². The molecule has 0 radical (unpaired) electrons. The normalized spacial score (nSPS) is 13.5. The van der Waals surface area contributed by atoms with Crippen LogP contribution in [0, 0.1) is 0 Å². The molecule has 174 valence electrons. The van der Waals surface area contributed by atoms with Crippen LogP contribution in [0.15, 0.2) is 97.6 Å². The highest BCUT2D eigenvalue weighted by Gasteiger charge is 2.23. The van der Waals surface area contributed by atoms with Gasteiger partial charge in [-0.2, -0.15) is 0 Å². The van der Waals surface area contributed by atoms with E-state index in [9.17, 15) is 9.59 Å². The first-order chi connectivity index (χ1) is 17.2. The maximum absolute atomic E-state index is 13.1. The molecule has 3 heterocycles.